The van der Waals surface area contributed by atoms with Crippen molar-refractivity contribution in [2.75, 3.05) is 0 Å². The van der Waals surface area contributed by atoms with Crippen LogP contribution in [-0.2, 0) is 4.74 Å². The molecule has 1 fully saturated rings. The molecule has 0 saturated carbocycles. The normalized spacial score (nSPS) is 45.8. The number of hydrogen-bond donors (Lipinski definition) is 3. The molecule has 1 unspecified atom stereocenters. The summed E-state index contributed by atoms with van der Waals surface area (Å²) in [4.78, 5) is 0. The van der Waals surface area contributed by atoms with Gasteiger partial charge in [-0.2, -0.15) is 0 Å². The Morgan fingerprint density at radius 2 is 2.00 bits per heavy atom. The fourth-order valence-electron chi connectivity index (χ4n) is 1.19. The lowest BCUT2D eigenvalue weighted by molar-refractivity contribution is -0.246. The molecule has 0 radical (unpaired) electrons. The average Bonchev–Trinajstić information content (AvgIpc) is 1.99. The summed E-state index contributed by atoms with van der Waals surface area (Å²) in [6.45, 7) is 1.90. The molecule has 11 heavy (non-hydrogen) atoms. The molecule has 1 rings (SSSR count). The highest BCUT2D eigenvalue weighted by molar-refractivity contribution is 4.79. The molecule has 0 aromatic rings. The van der Waals surface area contributed by atoms with Crippen LogP contribution < -0.4 is 0 Å². The third-order valence-electron chi connectivity index (χ3n) is 1.98. The van der Waals surface area contributed by atoms with Gasteiger partial charge in [0, 0.05) is 6.42 Å². The van der Waals surface area contributed by atoms with Gasteiger partial charge in [0.05, 0.1) is 12.2 Å². The van der Waals surface area contributed by atoms with Crippen molar-refractivity contribution in [3.8, 4) is 0 Å². The predicted molar refractivity (Wildman–Crippen MR) is 37.8 cm³/mol. The Balaban J connectivity index is 2.47. The van der Waals surface area contributed by atoms with Gasteiger partial charge in [-0.1, -0.05) is 6.92 Å². The first-order chi connectivity index (χ1) is 5.15. The monoisotopic (exact) mass is 162 g/mol. The third kappa shape index (κ3) is 1.90. The van der Waals surface area contributed by atoms with E-state index in [1.54, 1.807) is 0 Å². The van der Waals surface area contributed by atoms with Crippen LogP contribution >= 0.6 is 0 Å². The predicted octanol–water partition coefficient (Wildman–Crippen LogP) is -0.775. The van der Waals surface area contributed by atoms with Crippen molar-refractivity contribution >= 4 is 0 Å². The molecule has 0 aromatic heterocycles. The van der Waals surface area contributed by atoms with Gasteiger partial charge in [-0.05, 0) is 6.42 Å². The van der Waals surface area contributed by atoms with Crippen molar-refractivity contribution in [3.63, 3.8) is 0 Å². The van der Waals surface area contributed by atoms with E-state index in [0.717, 1.165) is 6.42 Å². The lowest BCUT2D eigenvalue weighted by Crippen LogP contribution is -2.47. The topological polar surface area (TPSA) is 69.9 Å². The number of ether oxygens (including phenoxy) is 1. The zero-order chi connectivity index (χ0) is 8.43. The van der Waals surface area contributed by atoms with E-state index in [0.29, 0.717) is 6.42 Å². The summed E-state index contributed by atoms with van der Waals surface area (Å²) in [5.41, 5.74) is 0. The van der Waals surface area contributed by atoms with Crippen LogP contribution in [0.5, 0.6) is 0 Å². The van der Waals surface area contributed by atoms with Crippen LogP contribution in [0.4, 0.5) is 0 Å². The van der Waals surface area contributed by atoms with Crippen molar-refractivity contribution in [1.29, 1.82) is 0 Å². The summed E-state index contributed by atoms with van der Waals surface area (Å²) in [7, 11) is 0. The highest BCUT2D eigenvalue weighted by Crippen LogP contribution is 2.20. The van der Waals surface area contributed by atoms with Crippen molar-refractivity contribution in [2.24, 2.45) is 0 Å². The number of aliphatic hydroxyl groups excluding tert-OH is 3. The van der Waals surface area contributed by atoms with Gasteiger partial charge in [-0.15, -0.1) is 0 Å². The van der Waals surface area contributed by atoms with Gasteiger partial charge in [-0.3, -0.25) is 0 Å². The molecule has 0 aliphatic carbocycles. The number of rotatable bonds is 1. The average molecular weight is 162 g/mol. The smallest absolute Gasteiger partial charge is 0.183 e. The van der Waals surface area contributed by atoms with Gasteiger partial charge >= 0.3 is 0 Å². The number of hydrogen-bond acceptors (Lipinski definition) is 4. The zero-order valence-corrected chi connectivity index (χ0v) is 6.47. The van der Waals surface area contributed by atoms with E-state index in [1.807, 2.05) is 6.92 Å². The highest BCUT2D eigenvalue weighted by atomic mass is 16.6. The molecule has 4 atom stereocenters. The molecule has 1 heterocycles. The third-order valence-corrected chi connectivity index (χ3v) is 1.98. The van der Waals surface area contributed by atoms with Crippen LogP contribution in [0.1, 0.15) is 19.8 Å². The SMILES string of the molecule is CC[C@@H]1C[C@H](O)[C@@H](O)C(O)O1. The summed E-state index contributed by atoms with van der Waals surface area (Å²) in [5.74, 6) is 0. The zero-order valence-electron chi connectivity index (χ0n) is 6.47. The summed E-state index contributed by atoms with van der Waals surface area (Å²) in [6.07, 6.45) is -2.25. The second-order valence-corrected chi connectivity index (χ2v) is 2.85. The van der Waals surface area contributed by atoms with Crippen LogP contribution in [0.3, 0.4) is 0 Å². The quantitative estimate of drug-likeness (QED) is 0.473. The molecule has 4 heteroatoms. The highest BCUT2D eigenvalue weighted by Gasteiger charge is 2.34. The first-order valence-corrected chi connectivity index (χ1v) is 3.84. The van der Waals surface area contributed by atoms with E-state index in [2.05, 4.69) is 0 Å². The van der Waals surface area contributed by atoms with Crippen molar-refractivity contribution in [2.45, 2.75) is 44.4 Å². The van der Waals surface area contributed by atoms with Gasteiger partial charge in [0.15, 0.2) is 6.29 Å². The standard InChI is InChI=1S/C7H14O4/c1-2-4-3-5(8)6(9)7(10)11-4/h4-10H,2-3H2,1H3/t4-,5+,6-,7?/m1/s1. The fourth-order valence-corrected chi connectivity index (χ4v) is 1.19. The molecule has 4 nitrogen and oxygen atoms in total. The lowest BCUT2D eigenvalue weighted by Gasteiger charge is -2.33. The van der Waals surface area contributed by atoms with Crippen LogP contribution in [0.2, 0.25) is 0 Å². The molecule has 66 valence electrons. The Kier molecular flexibility index (Phi) is 2.84. The maximum Gasteiger partial charge on any atom is 0.183 e. The van der Waals surface area contributed by atoms with Gasteiger partial charge in [0.25, 0.3) is 0 Å². The minimum Gasteiger partial charge on any atom is -0.390 e. The summed E-state index contributed by atoms with van der Waals surface area (Å²) in [6, 6.07) is 0. The summed E-state index contributed by atoms with van der Waals surface area (Å²) >= 11 is 0. The molecular weight excluding hydrogens is 148 g/mol. The molecule has 1 aliphatic heterocycles. The Hall–Kier alpha value is -0.160. The largest absolute Gasteiger partial charge is 0.390 e. The molecule has 0 amide bonds. The first kappa shape index (κ1) is 8.93. The van der Waals surface area contributed by atoms with E-state index >= 15 is 0 Å². The van der Waals surface area contributed by atoms with E-state index in [4.69, 9.17) is 20.1 Å². The molecule has 1 aliphatic rings. The maximum absolute atomic E-state index is 9.16. The van der Waals surface area contributed by atoms with E-state index < -0.39 is 18.5 Å². The second kappa shape index (κ2) is 3.49. The Morgan fingerprint density at radius 3 is 2.45 bits per heavy atom. The van der Waals surface area contributed by atoms with E-state index in [9.17, 15) is 0 Å². The molecule has 0 bridgehead atoms. The first-order valence-electron chi connectivity index (χ1n) is 3.84. The molecule has 1 saturated heterocycles. The van der Waals surface area contributed by atoms with Crippen molar-refractivity contribution < 1.29 is 20.1 Å². The Morgan fingerprint density at radius 1 is 1.36 bits per heavy atom. The molecular formula is C7H14O4. The summed E-state index contributed by atoms with van der Waals surface area (Å²) in [5, 5.41) is 27.2. The van der Waals surface area contributed by atoms with Crippen LogP contribution in [0, 0.1) is 0 Å². The lowest BCUT2D eigenvalue weighted by atomic mass is 10.0. The molecule has 0 spiro atoms. The number of aliphatic hydroxyl groups is 3. The maximum atomic E-state index is 9.16. The molecule has 0 aromatic carbocycles. The van der Waals surface area contributed by atoms with Crippen LogP contribution in [0.15, 0.2) is 0 Å². The minimum absolute atomic E-state index is 0.136. The van der Waals surface area contributed by atoms with Crippen molar-refractivity contribution in [3.05, 3.63) is 0 Å². The Labute approximate surface area is 65.4 Å². The van der Waals surface area contributed by atoms with E-state index in [-0.39, 0.29) is 6.10 Å². The second-order valence-electron chi connectivity index (χ2n) is 2.85. The van der Waals surface area contributed by atoms with E-state index in [1.165, 1.54) is 0 Å². The van der Waals surface area contributed by atoms with Gasteiger partial charge in [0.2, 0.25) is 0 Å². The van der Waals surface area contributed by atoms with Gasteiger partial charge in [0.1, 0.15) is 6.10 Å². The molecule has 3 N–H and O–H groups in total. The minimum atomic E-state index is -1.23. The Bertz CT molecular complexity index is 116. The van der Waals surface area contributed by atoms with Crippen LogP contribution in [-0.4, -0.2) is 39.9 Å². The van der Waals surface area contributed by atoms with Gasteiger partial charge < -0.3 is 20.1 Å². The fraction of sp³-hybridized carbons (Fsp3) is 1.00. The summed E-state index contributed by atoms with van der Waals surface area (Å²) < 4.78 is 4.96. The van der Waals surface area contributed by atoms with Crippen LogP contribution in [0.25, 0.3) is 0 Å². The van der Waals surface area contributed by atoms with Crippen molar-refractivity contribution in [1.82, 2.24) is 0 Å². The van der Waals surface area contributed by atoms with Gasteiger partial charge in [-0.25, -0.2) is 0 Å².